The molecular weight excluding hydrogens is 359 g/mol. The van der Waals surface area contributed by atoms with Crippen molar-refractivity contribution in [1.29, 1.82) is 0 Å². The van der Waals surface area contributed by atoms with Crippen molar-refractivity contribution in [2.45, 2.75) is 13.0 Å². The maximum atomic E-state index is 12.5. The molecule has 1 unspecified atom stereocenters. The van der Waals surface area contributed by atoms with Gasteiger partial charge in [-0.15, -0.1) is 0 Å². The predicted molar refractivity (Wildman–Crippen MR) is 103 cm³/mol. The highest BCUT2D eigenvalue weighted by molar-refractivity contribution is 6.35. The monoisotopic (exact) mass is 380 g/mol. The summed E-state index contributed by atoms with van der Waals surface area (Å²) in [6.45, 7) is 3.48. The van der Waals surface area contributed by atoms with Crippen LogP contribution in [0.3, 0.4) is 0 Å². The van der Waals surface area contributed by atoms with Crippen LogP contribution >= 0.6 is 23.2 Å². The van der Waals surface area contributed by atoms with Gasteiger partial charge in [-0.3, -0.25) is 9.69 Å². The number of nitrogens with one attached hydrogen (secondary N) is 1. The lowest BCUT2D eigenvalue weighted by Gasteiger charge is -2.28. The first kappa shape index (κ1) is 19.7. The molecule has 2 rings (SSSR count). The van der Waals surface area contributed by atoms with Crippen LogP contribution in [0.2, 0.25) is 10.0 Å². The van der Waals surface area contributed by atoms with Crippen LogP contribution in [-0.2, 0) is 9.53 Å². The van der Waals surface area contributed by atoms with Gasteiger partial charge in [0, 0.05) is 24.7 Å². The van der Waals surface area contributed by atoms with E-state index in [0.717, 1.165) is 5.56 Å². The number of carbonyl (C=O) groups excluding carboxylic acids is 1. The molecule has 0 spiro atoms. The molecule has 2 aromatic rings. The molecule has 6 heteroatoms. The van der Waals surface area contributed by atoms with Crippen LogP contribution in [0.5, 0.6) is 0 Å². The van der Waals surface area contributed by atoms with Crippen LogP contribution in [-0.4, -0.2) is 37.6 Å². The topological polar surface area (TPSA) is 41.6 Å². The van der Waals surface area contributed by atoms with Crippen LogP contribution in [0.4, 0.5) is 5.69 Å². The molecular formula is C19H22Cl2N2O2. The average molecular weight is 381 g/mol. The minimum Gasteiger partial charge on any atom is -0.383 e. The van der Waals surface area contributed by atoms with Gasteiger partial charge in [0.05, 0.1) is 23.9 Å². The normalized spacial score (nSPS) is 12.2. The van der Waals surface area contributed by atoms with E-state index < -0.39 is 0 Å². The lowest BCUT2D eigenvalue weighted by molar-refractivity contribution is -0.118. The Balaban J connectivity index is 2.07. The van der Waals surface area contributed by atoms with Gasteiger partial charge in [-0.1, -0.05) is 53.5 Å². The van der Waals surface area contributed by atoms with Crippen LogP contribution in [0.15, 0.2) is 48.5 Å². The average Bonchev–Trinajstić information content (AvgIpc) is 2.62. The molecule has 0 aliphatic rings. The first-order chi connectivity index (χ1) is 12.0. The maximum absolute atomic E-state index is 12.5. The molecule has 0 heterocycles. The van der Waals surface area contributed by atoms with Crippen LogP contribution < -0.4 is 5.32 Å². The molecule has 0 aromatic heterocycles. The molecule has 0 saturated heterocycles. The van der Waals surface area contributed by atoms with Crippen LogP contribution in [0.1, 0.15) is 18.5 Å². The van der Waals surface area contributed by atoms with Crippen molar-refractivity contribution in [3.8, 4) is 0 Å². The van der Waals surface area contributed by atoms with E-state index >= 15 is 0 Å². The van der Waals surface area contributed by atoms with E-state index in [1.807, 2.05) is 18.2 Å². The number of carbonyl (C=O) groups is 1. The second-order valence-corrected chi connectivity index (χ2v) is 6.57. The number of hydrogen-bond acceptors (Lipinski definition) is 3. The van der Waals surface area contributed by atoms with E-state index in [1.54, 1.807) is 25.3 Å². The SMILES string of the molecule is COCCN(CC(=O)Nc1cc(Cl)ccc1Cl)C(C)c1ccccc1. The summed E-state index contributed by atoms with van der Waals surface area (Å²) in [6.07, 6.45) is 0. The van der Waals surface area contributed by atoms with Crippen molar-refractivity contribution in [2.24, 2.45) is 0 Å². The van der Waals surface area contributed by atoms with Crippen molar-refractivity contribution in [1.82, 2.24) is 4.90 Å². The molecule has 0 saturated carbocycles. The number of benzene rings is 2. The Labute approximate surface area is 158 Å². The third-order valence-electron chi connectivity index (χ3n) is 3.96. The summed E-state index contributed by atoms with van der Waals surface area (Å²) < 4.78 is 5.18. The number of methoxy groups -OCH3 is 1. The van der Waals surface area contributed by atoms with Gasteiger partial charge in [-0.2, -0.15) is 0 Å². The van der Waals surface area contributed by atoms with E-state index in [2.05, 4.69) is 29.3 Å². The van der Waals surface area contributed by atoms with Gasteiger partial charge in [0.15, 0.2) is 0 Å². The number of anilines is 1. The fourth-order valence-corrected chi connectivity index (χ4v) is 2.86. The number of amides is 1. The molecule has 1 amide bonds. The number of nitrogens with zero attached hydrogens (tertiary/aromatic N) is 1. The van der Waals surface area contributed by atoms with E-state index in [1.165, 1.54) is 0 Å². The maximum Gasteiger partial charge on any atom is 0.238 e. The first-order valence-corrected chi connectivity index (χ1v) is 8.79. The first-order valence-electron chi connectivity index (χ1n) is 8.04. The van der Waals surface area contributed by atoms with Crippen molar-refractivity contribution >= 4 is 34.8 Å². The standard InChI is InChI=1S/C19H22Cl2N2O2/c1-14(15-6-4-3-5-7-15)23(10-11-25-2)13-19(24)22-18-12-16(20)8-9-17(18)21/h3-9,12,14H,10-11,13H2,1-2H3,(H,22,24). The molecule has 4 nitrogen and oxygen atoms in total. The summed E-state index contributed by atoms with van der Waals surface area (Å²) in [5, 5.41) is 3.80. The van der Waals surface area contributed by atoms with Gasteiger partial charge in [0.2, 0.25) is 5.91 Å². The summed E-state index contributed by atoms with van der Waals surface area (Å²) in [5.74, 6) is -0.150. The number of hydrogen-bond donors (Lipinski definition) is 1. The van der Waals surface area contributed by atoms with E-state index in [4.69, 9.17) is 27.9 Å². The smallest absolute Gasteiger partial charge is 0.238 e. The molecule has 1 N–H and O–H groups in total. The quantitative estimate of drug-likeness (QED) is 0.724. The predicted octanol–water partition coefficient (Wildman–Crippen LogP) is 4.64. The lowest BCUT2D eigenvalue weighted by Crippen LogP contribution is -2.37. The largest absolute Gasteiger partial charge is 0.383 e. The Morgan fingerprint density at radius 2 is 1.92 bits per heavy atom. The summed E-state index contributed by atoms with van der Waals surface area (Å²) in [5.41, 5.74) is 1.66. The molecule has 1 atom stereocenters. The highest BCUT2D eigenvalue weighted by atomic mass is 35.5. The molecule has 0 aliphatic carbocycles. The second-order valence-electron chi connectivity index (χ2n) is 5.72. The Morgan fingerprint density at radius 3 is 2.60 bits per heavy atom. The lowest BCUT2D eigenvalue weighted by atomic mass is 10.1. The highest BCUT2D eigenvalue weighted by Crippen LogP contribution is 2.26. The van der Waals surface area contributed by atoms with Gasteiger partial charge in [-0.25, -0.2) is 0 Å². The second kappa shape index (κ2) is 9.78. The molecule has 25 heavy (non-hydrogen) atoms. The summed E-state index contributed by atoms with van der Waals surface area (Å²) >= 11 is 12.1. The number of rotatable bonds is 8. The molecule has 2 aromatic carbocycles. The Bertz CT molecular complexity index is 695. The minimum atomic E-state index is -0.150. The molecule has 0 radical (unpaired) electrons. The molecule has 134 valence electrons. The third kappa shape index (κ3) is 6.01. The van der Waals surface area contributed by atoms with E-state index in [-0.39, 0.29) is 18.5 Å². The van der Waals surface area contributed by atoms with Crippen molar-refractivity contribution < 1.29 is 9.53 Å². The number of halogens is 2. The fraction of sp³-hybridized carbons (Fsp3) is 0.316. The van der Waals surface area contributed by atoms with Crippen LogP contribution in [0.25, 0.3) is 0 Å². The van der Waals surface area contributed by atoms with Gasteiger partial charge < -0.3 is 10.1 Å². The molecule has 0 aliphatic heterocycles. The van der Waals surface area contributed by atoms with Gasteiger partial charge >= 0.3 is 0 Å². The highest BCUT2D eigenvalue weighted by Gasteiger charge is 2.19. The summed E-state index contributed by atoms with van der Waals surface area (Å²) in [7, 11) is 1.65. The molecule has 0 fully saturated rings. The van der Waals surface area contributed by atoms with Crippen molar-refractivity contribution in [2.75, 3.05) is 32.1 Å². The zero-order chi connectivity index (χ0) is 18.2. The minimum absolute atomic E-state index is 0.0805. The van der Waals surface area contributed by atoms with E-state index in [9.17, 15) is 4.79 Å². The Hall–Kier alpha value is -1.59. The van der Waals surface area contributed by atoms with Crippen molar-refractivity contribution in [3.63, 3.8) is 0 Å². The van der Waals surface area contributed by atoms with Gasteiger partial charge in [-0.05, 0) is 30.7 Å². The van der Waals surface area contributed by atoms with Crippen molar-refractivity contribution in [3.05, 3.63) is 64.1 Å². The zero-order valence-corrected chi connectivity index (χ0v) is 15.8. The fourth-order valence-electron chi connectivity index (χ4n) is 2.53. The van der Waals surface area contributed by atoms with Gasteiger partial charge in [0.25, 0.3) is 0 Å². The summed E-state index contributed by atoms with van der Waals surface area (Å²) in [6, 6.07) is 15.1. The number of ether oxygens (including phenoxy) is 1. The zero-order valence-electron chi connectivity index (χ0n) is 14.3. The third-order valence-corrected chi connectivity index (χ3v) is 4.53. The van der Waals surface area contributed by atoms with Crippen LogP contribution in [0, 0.1) is 0 Å². The van der Waals surface area contributed by atoms with Gasteiger partial charge in [0.1, 0.15) is 0 Å². The Kier molecular flexibility index (Phi) is 7.72. The Morgan fingerprint density at radius 1 is 1.20 bits per heavy atom. The molecule has 0 bridgehead atoms. The summed E-state index contributed by atoms with van der Waals surface area (Å²) in [4.78, 5) is 14.6. The van der Waals surface area contributed by atoms with E-state index in [0.29, 0.717) is 28.9 Å².